The fourth-order valence-electron chi connectivity index (χ4n) is 12.4. The van der Waals surface area contributed by atoms with E-state index in [1.54, 1.807) is 48.5 Å². The molecule has 0 bridgehead atoms. The van der Waals surface area contributed by atoms with Crippen molar-refractivity contribution in [2.75, 3.05) is 40.4 Å². The topological polar surface area (TPSA) is 391 Å². The molecule has 0 aromatic rings. The molecule has 9 atom stereocenters. The average molecular weight is 1750 g/mol. The summed E-state index contributed by atoms with van der Waals surface area (Å²) in [6.45, 7) is 49.4. The fraction of sp³-hybridized carbons (Fsp3) is 0.853. The van der Waals surface area contributed by atoms with Crippen molar-refractivity contribution >= 4 is 83.1 Å². The van der Waals surface area contributed by atoms with Crippen LogP contribution in [0.15, 0.2) is 0 Å². The average Bonchev–Trinajstić information content (AvgIpc) is 0.875. The molecule has 0 saturated heterocycles. The van der Waals surface area contributed by atoms with Gasteiger partial charge in [0.15, 0.2) is 11.6 Å². The van der Waals surface area contributed by atoms with E-state index in [2.05, 4.69) is 77.2 Å². The number of hydrogen-bond acceptors (Lipinski definition) is 20. The molecule has 123 heavy (non-hydrogen) atoms. The molecule has 0 rings (SSSR count). The van der Waals surface area contributed by atoms with Gasteiger partial charge in [-0.1, -0.05) is 193 Å². The number of amides is 8. The number of esters is 2. The first kappa shape index (κ1) is 124. The third kappa shape index (κ3) is 74.5. The highest BCUT2D eigenvalue weighted by Gasteiger charge is 2.33. The van der Waals surface area contributed by atoms with Gasteiger partial charge in [0, 0.05) is 87.9 Å². The predicted molar refractivity (Wildman–Crippen MR) is 491 cm³/mol. The Hall–Kier alpha value is -7.42. The Morgan fingerprint density at radius 2 is 0.520 bits per heavy atom. The van der Waals surface area contributed by atoms with Gasteiger partial charge in [-0.2, -0.15) is 0 Å². The molecule has 0 aliphatic carbocycles. The number of ketones is 4. The Labute approximate surface area is 744 Å². The quantitative estimate of drug-likeness (QED) is 0.0159. The second-order valence-electron chi connectivity index (χ2n) is 36.0. The smallest absolute Gasteiger partial charge is 0.407 e. The summed E-state index contributed by atoms with van der Waals surface area (Å²) in [6, 6.07) is -2.69. The van der Waals surface area contributed by atoms with Gasteiger partial charge >= 0.3 is 36.3 Å². The summed E-state index contributed by atoms with van der Waals surface area (Å²) >= 11 is 0. The standard InChI is InChI=1S/C30H55N3O7.C28H52N2O6.C21H40N2O4.C14H27NO3.C2H6/c1-8-11-13-17-22(21-25(34)23(18-14-12-9-2)32-26(35)10-3)27(36)33-24(28(37)39-7)19-15-16-20-31-29(38)40-30(4,5)6;1-8-10-12-16-21(3)24(31)20-22(17-13-11-9-2)25(32)30-23(26(33)35-7)18-14-15-19-29-27(34)36-28(4,5)6;1-7-9-10-13-16(3)19(25)23-17(18(24)8-2)14-11-12-15-22-20(26)27-21(4,5)6;1-6-12(16)11(2)9-7-8-10-15-13(17)18-14(3,4)5;1-2/h22-24H,8-21H2,1-7H3,(H,31,38)(H,32,35)(H,33,36);21-23H,8-20H2,1-7H3,(H,29,34)(H,30,32);16-17H,7-15H2,1-6H3,(H,22,26)(H,23,25);11H,6-10H2,1-5H3,(H,15,17);1-2H3/t22-,23+,24+;21-,22+,23-;16-,17-;11-;/m1000./s1. The molecule has 0 aliphatic rings. The molecular weight excluding hydrogens is 1570 g/mol. The van der Waals surface area contributed by atoms with E-state index in [4.69, 9.17) is 28.4 Å². The zero-order valence-corrected chi connectivity index (χ0v) is 82.4. The van der Waals surface area contributed by atoms with Crippen molar-refractivity contribution in [1.29, 1.82) is 0 Å². The highest BCUT2D eigenvalue weighted by Crippen LogP contribution is 2.24. The van der Waals surface area contributed by atoms with E-state index < -0.39 is 88.6 Å². The van der Waals surface area contributed by atoms with E-state index >= 15 is 0 Å². The van der Waals surface area contributed by atoms with Crippen LogP contribution in [-0.4, -0.2) is 170 Å². The maximum Gasteiger partial charge on any atom is 0.407 e. The van der Waals surface area contributed by atoms with Gasteiger partial charge in [-0.25, -0.2) is 28.8 Å². The number of ether oxygens (including phenoxy) is 6. The summed E-state index contributed by atoms with van der Waals surface area (Å²) in [5.41, 5.74) is -2.11. The van der Waals surface area contributed by atoms with Crippen LogP contribution in [0, 0.1) is 29.6 Å². The lowest BCUT2D eigenvalue weighted by Gasteiger charge is -2.23. The Morgan fingerprint density at radius 1 is 0.268 bits per heavy atom. The molecule has 0 radical (unpaired) electrons. The molecule has 28 heteroatoms. The van der Waals surface area contributed by atoms with Gasteiger partial charge in [-0.3, -0.25) is 38.4 Å². The molecule has 0 aromatic carbocycles. The maximum absolute atomic E-state index is 13.3. The zero-order valence-electron chi connectivity index (χ0n) is 82.4. The number of nitrogens with one attached hydrogen (secondary N) is 8. The molecule has 0 aromatic heterocycles. The molecule has 0 heterocycles. The summed E-state index contributed by atoms with van der Waals surface area (Å²) < 4.78 is 30.5. The zero-order chi connectivity index (χ0) is 95.2. The van der Waals surface area contributed by atoms with Gasteiger partial charge < -0.3 is 71.0 Å². The Bertz CT molecular complexity index is 2900. The monoisotopic (exact) mass is 1750 g/mol. The van der Waals surface area contributed by atoms with E-state index in [0.29, 0.717) is 109 Å². The van der Waals surface area contributed by atoms with Crippen LogP contribution in [0.1, 0.15) is 411 Å². The Morgan fingerprint density at radius 3 is 0.813 bits per heavy atom. The van der Waals surface area contributed by atoms with Crippen LogP contribution in [-0.2, 0) is 76.4 Å². The van der Waals surface area contributed by atoms with Crippen LogP contribution in [0.25, 0.3) is 0 Å². The van der Waals surface area contributed by atoms with E-state index in [1.165, 1.54) is 14.2 Å². The van der Waals surface area contributed by atoms with Crippen LogP contribution in [0.5, 0.6) is 0 Å². The van der Waals surface area contributed by atoms with Gasteiger partial charge in [0.1, 0.15) is 46.1 Å². The minimum atomic E-state index is -0.858. The molecule has 8 N–H and O–H groups in total. The normalized spacial score (nSPS) is 13.4. The van der Waals surface area contributed by atoms with Gasteiger partial charge in [0.05, 0.1) is 26.3 Å². The lowest BCUT2D eigenvalue weighted by molar-refractivity contribution is -0.146. The van der Waals surface area contributed by atoms with Gasteiger partial charge in [0.25, 0.3) is 0 Å². The first-order valence-corrected chi connectivity index (χ1v) is 47.0. The van der Waals surface area contributed by atoms with Crippen molar-refractivity contribution in [3.63, 3.8) is 0 Å². The van der Waals surface area contributed by atoms with Crippen molar-refractivity contribution in [2.45, 2.75) is 457 Å². The Kier molecular flexibility index (Phi) is 75.5. The largest absolute Gasteiger partial charge is 0.467 e. The van der Waals surface area contributed by atoms with Crippen molar-refractivity contribution in [3.05, 3.63) is 0 Å². The first-order chi connectivity index (χ1) is 57.7. The number of Topliss-reactive ketones (excluding diaryl/α,β-unsaturated/α-hetero) is 4. The molecule has 8 amide bonds. The van der Waals surface area contributed by atoms with E-state index in [0.717, 1.165) is 141 Å². The second kappa shape index (κ2) is 74.8. The summed E-state index contributed by atoms with van der Waals surface area (Å²) in [5, 5.41) is 22.2. The maximum atomic E-state index is 13.3. The minimum absolute atomic E-state index is 0.00400. The number of hydrogen-bond donors (Lipinski definition) is 8. The Balaban J connectivity index is -0.000000517. The van der Waals surface area contributed by atoms with Crippen LogP contribution >= 0.6 is 0 Å². The van der Waals surface area contributed by atoms with Crippen LogP contribution in [0.2, 0.25) is 0 Å². The number of carbonyl (C=O) groups excluding carboxylic acids is 14. The molecule has 720 valence electrons. The predicted octanol–water partition coefficient (Wildman–Crippen LogP) is 19.4. The van der Waals surface area contributed by atoms with Gasteiger partial charge in [-0.15, -0.1) is 0 Å². The molecule has 0 saturated carbocycles. The number of methoxy groups -OCH3 is 2. The lowest BCUT2D eigenvalue weighted by Crippen LogP contribution is -2.46. The molecule has 28 nitrogen and oxygen atoms in total. The van der Waals surface area contributed by atoms with Crippen LogP contribution in [0.3, 0.4) is 0 Å². The van der Waals surface area contributed by atoms with Crippen molar-refractivity contribution in [1.82, 2.24) is 42.5 Å². The summed E-state index contributed by atoms with van der Waals surface area (Å²) in [4.78, 5) is 172. The van der Waals surface area contributed by atoms with Gasteiger partial charge in [-0.05, 0) is 186 Å². The molecule has 0 unspecified atom stereocenters. The van der Waals surface area contributed by atoms with E-state index in [9.17, 15) is 67.1 Å². The van der Waals surface area contributed by atoms with Gasteiger partial charge in [0.2, 0.25) is 23.6 Å². The molecule has 0 spiro atoms. The van der Waals surface area contributed by atoms with Crippen molar-refractivity contribution in [2.24, 2.45) is 29.6 Å². The number of rotatable bonds is 60. The van der Waals surface area contributed by atoms with Crippen molar-refractivity contribution in [3.8, 4) is 0 Å². The van der Waals surface area contributed by atoms with Crippen LogP contribution in [0.4, 0.5) is 19.2 Å². The lowest BCUT2D eigenvalue weighted by atomic mass is 9.88. The van der Waals surface area contributed by atoms with Crippen LogP contribution < -0.4 is 42.5 Å². The number of alkyl carbamates (subject to hydrolysis) is 4. The van der Waals surface area contributed by atoms with E-state index in [1.807, 2.05) is 90.0 Å². The SMILES string of the molecule is CC.CCC(=O)[C@@H](C)CCCCNC(=O)OC(C)(C)C.CCCCC[C@H](C)C(=O)N[C@@H](CCCCNC(=O)OC(C)(C)C)C(=O)CC.CCCCC[C@H](CC(=O)[C@@H](C)CCCCC)C(=O)N[C@@H](CCCCNC(=O)OC(C)(C)C)C(=O)OC.CCCCC[C@H](CC(=O)[C@H](CCCCC)NC(=O)CC)C(=O)N[C@@H](CCCCNC(=O)OC(C)(C)C)C(=O)OC. The number of carbonyl (C=O) groups is 14. The molecular formula is C95H180N8O20. The molecule has 0 aliphatic heterocycles. The second-order valence-corrected chi connectivity index (χ2v) is 36.0. The summed E-state index contributed by atoms with van der Waals surface area (Å²) in [7, 11) is 2.57. The fourth-order valence-corrected chi connectivity index (χ4v) is 12.4. The van der Waals surface area contributed by atoms with Crippen molar-refractivity contribution < 1.29 is 95.5 Å². The first-order valence-electron chi connectivity index (χ1n) is 47.0. The highest BCUT2D eigenvalue weighted by molar-refractivity contribution is 5.94. The third-order valence-corrected chi connectivity index (χ3v) is 19.6. The number of unbranched alkanes of at least 4 members (excludes halogenated alkanes) is 14. The minimum Gasteiger partial charge on any atom is -0.467 e. The summed E-state index contributed by atoms with van der Waals surface area (Å²) in [6.07, 6.45) is 25.8. The highest BCUT2D eigenvalue weighted by atomic mass is 16.6. The van der Waals surface area contributed by atoms with E-state index in [-0.39, 0.29) is 84.1 Å². The summed E-state index contributed by atoms with van der Waals surface area (Å²) in [5.74, 6) is -2.62. The molecule has 0 fully saturated rings. The third-order valence-electron chi connectivity index (χ3n) is 19.6.